The number of carbonyl (C=O) groups is 2. The van der Waals surface area contributed by atoms with Gasteiger partial charge in [0.1, 0.15) is 18.1 Å². The Bertz CT molecular complexity index is 1190. The lowest BCUT2D eigenvalue weighted by Gasteiger charge is -2.31. The van der Waals surface area contributed by atoms with E-state index < -0.39 is 17.7 Å². The summed E-state index contributed by atoms with van der Waals surface area (Å²) in [6, 6.07) is 11.2. The average Bonchev–Trinajstić information content (AvgIpc) is 3.20. The molecule has 0 radical (unpaired) electrons. The molecule has 0 aliphatic carbocycles. The highest BCUT2D eigenvalue weighted by molar-refractivity contribution is 6.46. The summed E-state index contributed by atoms with van der Waals surface area (Å²) in [6.45, 7) is 9.91. The number of rotatable bonds is 11. The molecule has 2 aromatic rings. The molecule has 0 bridgehead atoms. The molecular weight excluding hydrogens is 488 g/mol. The highest BCUT2D eigenvalue weighted by Gasteiger charge is 2.46. The Balaban J connectivity index is 1.77. The number of Topliss-reactive ketones (excluding diaryl/α,β-unsaturated/α-hetero) is 1. The molecule has 1 N–H and O–H groups in total. The van der Waals surface area contributed by atoms with Gasteiger partial charge in [0, 0.05) is 31.7 Å². The van der Waals surface area contributed by atoms with Crippen molar-refractivity contribution < 1.29 is 33.6 Å². The second-order valence-electron chi connectivity index (χ2n) is 8.91. The molecule has 0 saturated carbocycles. The van der Waals surface area contributed by atoms with Crippen LogP contribution in [0.4, 0.5) is 0 Å². The van der Waals surface area contributed by atoms with Gasteiger partial charge >= 0.3 is 0 Å². The third-order valence-electron chi connectivity index (χ3n) is 6.60. The predicted octanol–water partition coefficient (Wildman–Crippen LogP) is 3.41. The number of carbonyl (C=O) groups excluding carboxylic acids is 2. The van der Waals surface area contributed by atoms with E-state index in [0.29, 0.717) is 67.9 Å². The van der Waals surface area contributed by atoms with Gasteiger partial charge in [-0.2, -0.15) is 0 Å². The first-order valence-corrected chi connectivity index (χ1v) is 12.7. The Morgan fingerprint density at radius 2 is 1.82 bits per heavy atom. The van der Waals surface area contributed by atoms with Crippen molar-refractivity contribution in [3.8, 4) is 17.2 Å². The van der Waals surface area contributed by atoms with Crippen LogP contribution in [0.15, 0.2) is 60.7 Å². The maximum atomic E-state index is 13.4. The molecule has 0 spiro atoms. The lowest BCUT2D eigenvalue weighted by atomic mass is 9.95. The molecule has 4 rings (SSSR count). The lowest BCUT2D eigenvalue weighted by Crippen LogP contribution is -2.42. The first-order chi connectivity index (χ1) is 18.5. The van der Waals surface area contributed by atoms with Crippen LogP contribution < -0.4 is 14.2 Å². The van der Waals surface area contributed by atoms with Gasteiger partial charge in [0.15, 0.2) is 11.5 Å². The quantitative estimate of drug-likeness (QED) is 0.208. The minimum Gasteiger partial charge on any atom is -0.507 e. The number of amides is 1. The van der Waals surface area contributed by atoms with Crippen molar-refractivity contribution in [3.05, 3.63) is 71.8 Å². The van der Waals surface area contributed by atoms with Gasteiger partial charge in [-0.05, 0) is 48.9 Å². The number of methoxy groups -OCH3 is 1. The Morgan fingerprint density at radius 3 is 2.47 bits per heavy atom. The van der Waals surface area contributed by atoms with Gasteiger partial charge in [-0.3, -0.25) is 14.5 Å². The Labute approximate surface area is 222 Å². The van der Waals surface area contributed by atoms with Gasteiger partial charge in [0.2, 0.25) is 0 Å². The number of nitrogens with zero attached hydrogens (tertiary/aromatic N) is 2. The molecule has 1 unspecified atom stereocenters. The van der Waals surface area contributed by atoms with Crippen LogP contribution in [0, 0.1) is 0 Å². The fourth-order valence-corrected chi connectivity index (χ4v) is 4.67. The van der Waals surface area contributed by atoms with Crippen molar-refractivity contribution in [1.82, 2.24) is 9.80 Å². The molecule has 202 valence electrons. The number of benzene rings is 2. The zero-order chi connectivity index (χ0) is 27.1. The zero-order valence-electron chi connectivity index (χ0n) is 21.9. The summed E-state index contributed by atoms with van der Waals surface area (Å²) in [5.74, 6) is -0.000146. The van der Waals surface area contributed by atoms with E-state index in [1.54, 1.807) is 55.7 Å². The van der Waals surface area contributed by atoms with Crippen LogP contribution >= 0.6 is 0 Å². The maximum Gasteiger partial charge on any atom is 0.295 e. The molecule has 2 aliphatic rings. The molecule has 9 nitrogen and oxygen atoms in total. The maximum absolute atomic E-state index is 13.4. The molecule has 2 aromatic carbocycles. The van der Waals surface area contributed by atoms with E-state index in [-0.39, 0.29) is 11.3 Å². The Hall–Kier alpha value is -3.82. The second kappa shape index (κ2) is 12.6. The van der Waals surface area contributed by atoms with E-state index in [1.165, 1.54) is 4.90 Å². The number of hydrogen-bond acceptors (Lipinski definition) is 8. The molecule has 2 saturated heterocycles. The van der Waals surface area contributed by atoms with Crippen molar-refractivity contribution in [2.24, 2.45) is 0 Å². The smallest absolute Gasteiger partial charge is 0.295 e. The molecule has 2 heterocycles. The number of hydrogen-bond donors (Lipinski definition) is 1. The number of ether oxygens (including phenoxy) is 4. The van der Waals surface area contributed by atoms with Gasteiger partial charge in [0.25, 0.3) is 11.7 Å². The number of ketones is 1. The van der Waals surface area contributed by atoms with Crippen LogP contribution in [0.1, 0.15) is 24.1 Å². The molecular formula is C29H34N2O7. The van der Waals surface area contributed by atoms with Crippen molar-refractivity contribution in [2.45, 2.75) is 13.0 Å². The summed E-state index contributed by atoms with van der Waals surface area (Å²) < 4.78 is 22.2. The Kier molecular flexibility index (Phi) is 9.04. The lowest BCUT2D eigenvalue weighted by molar-refractivity contribution is -0.140. The minimum atomic E-state index is -0.800. The standard InChI is InChI=1S/C29H34N2O7/c1-4-16-38-23-11-8-21(19-24(23)37-5-2)26-25(27(32)20-6-9-22(35-3)10-7-20)28(33)29(34)31(26)13-12-30-14-17-36-18-15-30/h4,6-11,19,26,32H,1,5,12-18H2,2-3H3/b27-25+. The van der Waals surface area contributed by atoms with Gasteiger partial charge in [-0.25, -0.2) is 0 Å². The fraction of sp³-hybridized carbons (Fsp3) is 0.379. The van der Waals surface area contributed by atoms with E-state index in [1.807, 2.05) is 6.92 Å². The third-order valence-corrected chi connectivity index (χ3v) is 6.60. The SMILES string of the molecule is C=CCOc1ccc(C2/C(=C(\O)c3ccc(OC)cc3)C(=O)C(=O)N2CCN2CCOCC2)cc1OCC. The highest BCUT2D eigenvalue weighted by atomic mass is 16.5. The van der Waals surface area contributed by atoms with E-state index in [4.69, 9.17) is 18.9 Å². The zero-order valence-corrected chi connectivity index (χ0v) is 21.9. The molecule has 2 aliphatic heterocycles. The number of morpholine rings is 1. The van der Waals surface area contributed by atoms with Gasteiger partial charge in [-0.15, -0.1) is 0 Å². The molecule has 38 heavy (non-hydrogen) atoms. The van der Waals surface area contributed by atoms with Crippen molar-refractivity contribution in [1.29, 1.82) is 0 Å². The fourth-order valence-electron chi connectivity index (χ4n) is 4.67. The average molecular weight is 523 g/mol. The largest absolute Gasteiger partial charge is 0.507 e. The molecule has 9 heteroatoms. The summed E-state index contributed by atoms with van der Waals surface area (Å²) in [5.41, 5.74) is 1.08. The topological polar surface area (TPSA) is 97.8 Å². The Morgan fingerprint density at radius 1 is 1.08 bits per heavy atom. The van der Waals surface area contributed by atoms with Gasteiger partial charge in [0.05, 0.1) is 38.5 Å². The predicted molar refractivity (Wildman–Crippen MR) is 143 cm³/mol. The normalized spacial score (nSPS) is 19.4. The van der Waals surface area contributed by atoms with Crippen LogP contribution in [-0.4, -0.2) is 86.3 Å². The van der Waals surface area contributed by atoms with E-state index in [2.05, 4.69) is 11.5 Å². The van der Waals surface area contributed by atoms with Crippen molar-refractivity contribution in [2.75, 3.05) is 59.7 Å². The number of likely N-dealkylation sites (tertiary alicyclic amines) is 1. The summed E-state index contributed by atoms with van der Waals surface area (Å²) in [6.07, 6.45) is 1.64. The van der Waals surface area contributed by atoms with Crippen LogP contribution in [0.5, 0.6) is 17.2 Å². The minimum absolute atomic E-state index is 0.0318. The molecule has 1 amide bonds. The second-order valence-corrected chi connectivity index (χ2v) is 8.91. The highest BCUT2D eigenvalue weighted by Crippen LogP contribution is 2.42. The summed E-state index contributed by atoms with van der Waals surface area (Å²) in [5, 5.41) is 11.3. The van der Waals surface area contributed by atoms with Crippen molar-refractivity contribution >= 4 is 17.4 Å². The monoisotopic (exact) mass is 522 g/mol. The number of aliphatic hydroxyl groups excluding tert-OH is 1. The molecule has 1 atom stereocenters. The summed E-state index contributed by atoms with van der Waals surface area (Å²) in [7, 11) is 1.55. The van der Waals surface area contributed by atoms with Crippen LogP contribution in [0.2, 0.25) is 0 Å². The van der Waals surface area contributed by atoms with Crippen LogP contribution in [-0.2, 0) is 14.3 Å². The summed E-state index contributed by atoms with van der Waals surface area (Å²) >= 11 is 0. The van der Waals surface area contributed by atoms with Crippen LogP contribution in [0.3, 0.4) is 0 Å². The van der Waals surface area contributed by atoms with E-state index in [9.17, 15) is 14.7 Å². The van der Waals surface area contributed by atoms with Crippen LogP contribution in [0.25, 0.3) is 5.76 Å². The molecule has 0 aromatic heterocycles. The van der Waals surface area contributed by atoms with Gasteiger partial charge in [-0.1, -0.05) is 18.7 Å². The molecule has 2 fully saturated rings. The first-order valence-electron chi connectivity index (χ1n) is 12.7. The van der Waals surface area contributed by atoms with E-state index in [0.717, 1.165) is 13.1 Å². The van der Waals surface area contributed by atoms with E-state index >= 15 is 0 Å². The summed E-state index contributed by atoms with van der Waals surface area (Å²) in [4.78, 5) is 30.4. The first kappa shape index (κ1) is 27.2. The van der Waals surface area contributed by atoms with Crippen molar-refractivity contribution in [3.63, 3.8) is 0 Å². The number of aliphatic hydroxyl groups is 1. The third kappa shape index (κ3) is 5.84. The van der Waals surface area contributed by atoms with Gasteiger partial charge < -0.3 is 29.0 Å².